The van der Waals surface area contributed by atoms with E-state index in [-0.39, 0.29) is 0 Å². The molecular weight excluding hydrogens is 222 g/mol. The molecule has 1 aliphatic carbocycles. The fourth-order valence-corrected chi connectivity index (χ4v) is 2.54. The van der Waals surface area contributed by atoms with Crippen LogP contribution in [0.1, 0.15) is 18.4 Å². The number of benzene rings is 2. The Morgan fingerprint density at radius 3 is 2.67 bits per heavy atom. The quantitative estimate of drug-likeness (QED) is 0.888. The molecule has 0 bridgehead atoms. The van der Waals surface area contributed by atoms with Gasteiger partial charge < -0.3 is 10.1 Å². The van der Waals surface area contributed by atoms with Crippen molar-refractivity contribution in [2.75, 3.05) is 7.11 Å². The summed E-state index contributed by atoms with van der Waals surface area (Å²) in [6.45, 7) is 0.950. The molecule has 0 unspecified atom stereocenters. The zero-order valence-corrected chi connectivity index (χ0v) is 10.7. The van der Waals surface area contributed by atoms with Crippen LogP contribution in [0.4, 0.5) is 0 Å². The van der Waals surface area contributed by atoms with Crippen LogP contribution < -0.4 is 5.32 Å². The Kier molecular flexibility index (Phi) is 3.31. The highest BCUT2D eigenvalue weighted by molar-refractivity contribution is 5.82. The summed E-state index contributed by atoms with van der Waals surface area (Å²) in [5.74, 6) is 0. The van der Waals surface area contributed by atoms with Gasteiger partial charge in [0, 0.05) is 19.7 Å². The molecule has 1 aliphatic rings. The Morgan fingerprint density at radius 1 is 1.11 bits per heavy atom. The topological polar surface area (TPSA) is 21.3 Å². The number of methoxy groups -OCH3 is 1. The van der Waals surface area contributed by atoms with E-state index in [0.717, 1.165) is 19.4 Å². The van der Waals surface area contributed by atoms with Crippen LogP contribution in [0.25, 0.3) is 10.8 Å². The molecule has 18 heavy (non-hydrogen) atoms. The number of hydrogen-bond donors (Lipinski definition) is 1. The molecule has 0 saturated heterocycles. The third-order valence-electron chi connectivity index (χ3n) is 3.84. The van der Waals surface area contributed by atoms with Crippen molar-refractivity contribution in [3.8, 4) is 0 Å². The van der Waals surface area contributed by atoms with Crippen molar-refractivity contribution in [1.29, 1.82) is 0 Å². The number of hydrogen-bond acceptors (Lipinski definition) is 2. The van der Waals surface area contributed by atoms with Gasteiger partial charge in [-0.25, -0.2) is 0 Å². The first-order chi connectivity index (χ1) is 8.85. The highest BCUT2D eigenvalue weighted by atomic mass is 16.5. The maximum Gasteiger partial charge on any atom is 0.0601 e. The minimum atomic E-state index is 0.471. The van der Waals surface area contributed by atoms with Gasteiger partial charge in [0.1, 0.15) is 0 Å². The van der Waals surface area contributed by atoms with E-state index in [1.165, 1.54) is 16.3 Å². The lowest BCUT2D eigenvalue weighted by atomic mass is 9.89. The number of nitrogens with one attached hydrogen (secondary N) is 1. The van der Waals surface area contributed by atoms with E-state index < -0.39 is 0 Å². The van der Waals surface area contributed by atoms with E-state index >= 15 is 0 Å². The summed E-state index contributed by atoms with van der Waals surface area (Å²) in [5, 5.41) is 6.21. The number of rotatable bonds is 4. The van der Waals surface area contributed by atoms with Gasteiger partial charge in [0.15, 0.2) is 0 Å². The van der Waals surface area contributed by atoms with Gasteiger partial charge in [-0.05, 0) is 35.2 Å². The van der Waals surface area contributed by atoms with Crippen LogP contribution in [0, 0.1) is 0 Å². The lowest BCUT2D eigenvalue weighted by Crippen LogP contribution is -2.44. The van der Waals surface area contributed by atoms with Crippen molar-refractivity contribution in [3.05, 3.63) is 48.0 Å². The maximum atomic E-state index is 5.29. The van der Waals surface area contributed by atoms with Crippen LogP contribution >= 0.6 is 0 Å². The summed E-state index contributed by atoms with van der Waals surface area (Å²) in [4.78, 5) is 0. The van der Waals surface area contributed by atoms with Crippen molar-refractivity contribution in [2.24, 2.45) is 0 Å². The molecule has 3 rings (SSSR count). The standard InChI is InChI=1S/C16H19NO/c1-18-16-9-15(10-16)17-11-12-6-7-13-4-2-3-5-14(13)8-12/h2-8,15-17H,9-11H2,1H3. The SMILES string of the molecule is COC1CC(NCc2ccc3ccccc3c2)C1. The first-order valence-corrected chi connectivity index (χ1v) is 6.59. The van der Waals surface area contributed by atoms with Gasteiger partial charge >= 0.3 is 0 Å². The normalized spacial score (nSPS) is 22.9. The van der Waals surface area contributed by atoms with Crippen LogP contribution in [0.15, 0.2) is 42.5 Å². The van der Waals surface area contributed by atoms with Gasteiger partial charge in [-0.1, -0.05) is 36.4 Å². The second-order valence-electron chi connectivity index (χ2n) is 5.09. The summed E-state index contributed by atoms with van der Waals surface area (Å²) < 4.78 is 5.29. The summed E-state index contributed by atoms with van der Waals surface area (Å²) >= 11 is 0. The van der Waals surface area contributed by atoms with E-state index in [0.29, 0.717) is 12.1 Å². The average Bonchev–Trinajstić information content (AvgIpc) is 2.37. The summed E-state index contributed by atoms with van der Waals surface area (Å²) in [6, 6.07) is 15.8. The second kappa shape index (κ2) is 5.09. The Bertz CT molecular complexity index is 531. The average molecular weight is 241 g/mol. The monoisotopic (exact) mass is 241 g/mol. The second-order valence-corrected chi connectivity index (χ2v) is 5.09. The Labute approximate surface area is 108 Å². The van der Waals surface area contributed by atoms with Crippen molar-refractivity contribution in [1.82, 2.24) is 5.32 Å². The third-order valence-corrected chi connectivity index (χ3v) is 3.84. The van der Waals surface area contributed by atoms with E-state index in [1.807, 2.05) is 0 Å². The van der Waals surface area contributed by atoms with Crippen LogP contribution in [0.2, 0.25) is 0 Å². The van der Waals surface area contributed by atoms with Crippen LogP contribution in [-0.4, -0.2) is 19.3 Å². The van der Waals surface area contributed by atoms with Gasteiger partial charge in [0.25, 0.3) is 0 Å². The van der Waals surface area contributed by atoms with Crippen LogP contribution in [-0.2, 0) is 11.3 Å². The van der Waals surface area contributed by atoms with Gasteiger partial charge in [-0.15, -0.1) is 0 Å². The first-order valence-electron chi connectivity index (χ1n) is 6.59. The largest absolute Gasteiger partial charge is 0.381 e. The zero-order chi connectivity index (χ0) is 12.4. The smallest absolute Gasteiger partial charge is 0.0601 e. The number of ether oxygens (including phenoxy) is 1. The molecule has 0 heterocycles. The van der Waals surface area contributed by atoms with Crippen LogP contribution in [0.5, 0.6) is 0 Å². The lowest BCUT2D eigenvalue weighted by molar-refractivity contribution is 0.0170. The minimum absolute atomic E-state index is 0.471. The zero-order valence-electron chi connectivity index (χ0n) is 10.7. The number of fused-ring (bicyclic) bond motifs is 1. The van der Waals surface area contributed by atoms with E-state index in [9.17, 15) is 0 Å². The molecule has 2 nitrogen and oxygen atoms in total. The lowest BCUT2D eigenvalue weighted by Gasteiger charge is -2.34. The van der Waals surface area contributed by atoms with E-state index in [4.69, 9.17) is 4.74 Å². The molecular formula is C16H19NO. The summed E-state index contributed by atoms with van der Waals surface area (Å²) in [5.41, 5.74) is 1.36. The predicted molar refractivity (Wildman–Crippen MR) is 74.6 cm³/mol. The molecule has 1 fully saturated rings. The molecule has 0 aliphatic heterocycles. The van der Waals surface area contributed by atoms with Gasteiger partial charge in [0.2, 0.25) is 0 Å². The molecule has 0 atom stereocenters. The molecule has 2 aromatic rings. The highest BCUT2D eigenvalue weighted by Crippen LogP contribution is 2.23. The first kappa shape index (κ1) is 11.7. The Hall–Kier alpha value is -1.38. The molecule has 0 radical (unpaired) electrons. The Morgan fingerprint density at radius 2 is 1.89 bits per heavy atom. The fourth-order valence-electron chi connectivity index (χ4n) is 2.54. The molecule has 1 saturated carbocycles. The molecule has 94 valence electrons. The van der Waals surface area contributed by atoms with Crippen molar-refractivity contribution in [3.63, 3.8) is 0 Å². The summed E-state index contributed by atoms with van der Waals surface area (Å²) in [6.07, 6.45) is 2.76. The maximum absolute atomic E-state index is 5.29. The molecule has 0 aromatic heterocycles. The minimum Gasteiger partial charge on any atom is -0.381 e. The molecule has 2 aromatic carbocycles. The van der Waals surface area contributed by atoms with Gasteiger partial charge in [-0.2, -0.15) is 0 Å². The molecule has 0 spiro atoms. The van der Waals surface area contributed by atoms with E-state index in [1.54, 1.807) is 7.11 Å². The molecule has 2 heteroatoms. The Balaban J connectivity index is 1.61. The van der Waals surface area contributed by atoms with E-state index in [2.05, 4.69) is 47.8 Å². The van der Waals surface area contributed by atoms with Crippen molar-refractivity contribution in [2.45, 2.75) is 31.5 Å². The molecule has 0 amide bonds. The van der Waals surface area contributed by atoms with Crippen molar-refractivity contribution < 1.29 is 4.74 Å². The fraction of sp³-hybridized carbons (Fsp3) is 0.375. The van der Waals surface area contributed by atoms with Crippen LogP contribution in [0.3, 0.4) is 0 Å². The van der Waals surface area contributed by atoms with Gasteiger partial charge in [-0.3, -0.25) is 0 Å². The molecule has 1 N–H and O–H groups in total. The summed E-state index contributed by atoms with van der Waals surface area (Å²) in [7, 11) is 1.80. The highest BCUT2D eigenvalue weighted by Gasteiger charge is 2.28. The van der Waals surface area contributed by atoms with Crippen molar-refractivity contribution >= 4 is 10.8 Å². The third kappa shape index (κ3) is 2.40. The predicted octanol–water partition coefficient (Wildman–Crippen LogP) is 3.11. The van der Waals surface area contributed by atoms with Gasteiger partial charge in [0.05, 0.1) is 6.10 Å².